The fourth-order valence-electron chi connectivity index (χ4n) is 2.53. The van der Waals surface area contributed by atoms with Crippen molar-refractivity contribution < 1.29 is 9.47 Å². The molecule has 1 aliphatic heterocycles. The van der Waals surface area contributed by atoms with E-state index in [9.17, 15) is 0 Å². The Labute approximate surface area is 136 Å². The molecule has 0 fully saturated rings. The van der Waals surface area contributed by atoms with Crippen molar-refractivity contribution in [1.82, 2.24) is 5.32 Å². The van der Waals surface area contributed by atoms with Crippen LogP contribution in [0.25, 0.3) is 0 Å². The predicted molar refractivity (Wildman–Crippen MR) is 90.1 cm³/mol. The minimum absolute atomic E-state index is 0.523. The maximum atomic E-state index is 5.78. The van der Waals surface area contributed by atoms with E-state index in [1.807, 2.05) is 0 Å². The third-order valence-corrected chi connectivity index (χ3v) is 4.56. The molecule has 1 aromatic carbocycles. The summed E-state index contributed by atoms with van der Waals surface area (Å²) < 4.78 is 12.5. The average molecular weight is 356 g/mol. The molecule has 0 spiro atoms. The fourth-order valence-corrected chi connectivity index (χ4v) is 3.14. The van der Waals surface area contributed by atoms with Crippen LogP contribution in [-0.2, 0) is 6.54 Å². The van der Waals surface area contributed by atoms with Gasteiger partial charge in [-0.25, -0.2) is 0 Å². The van der Waals surface area contributed by atoms with Crippen molar-refractivity contribution in [2.75, 3.05) is 13.2 Å². The van der Waals surface area contributed by atoms with Gasteiger partial charge in [0.05, 0.1) is 17.7 Å². The summed E-state index contributed by atoms with van der Waals surface area (Å²) in [5, 5.41) is 3.60. The molecule has 0 aromatic heterocycles. The van der Waals surface area contributed by atoms with E-state index in [0.717, 1.165) is 48.1 Å². The highest BCUT2D eigenvalue weighted by Crippen LogP contribution is 2.38. The minimum atomic E-state index is 0.523. The molecule has 2 rings (SSSR count). The van der Waals surface area contributed by atoms with E-state index in [1.54, 1.807) is 0 Å². The second-order valence-corrected chi connectivity index (χ2v) is 6.84. The van der Waals surface area contributed by atoms with Crippen LogP contribution < -0.4 is 14.8 Å². The topological polar surface area (TPSA) is 30.5 Å². The number of fused-ring (bicyclic) bond motifs is 1. The molecular formula is C17H26BrNO2. The first-order valence-electron chi connectivity index (χ1n) is 7.91. The predicted octanol–water partition coefficient (Wildman–Crippen LogP) is 4.52. The van der Waals surface area contributed by atoms with Crippen LogP contribution in [0.5, 0.6) is 11.5 Å². The number of halogens is 1. The van der Waals surface area contributed by atoms with E-state index in [1.165, 1.54) is 18.4 Å². The van der Waals surface area contributed by atoms with E-state index in [-0.39, 0.29) is 0 Å². The zero-order valence-corrected chi connectivity index (χ0v) is 14.8. The Bertz CT molecular complexity index is 464. The number of nitrogens with one attached hydrogen (secondary N) is 1. The van der Waals surface area contributed by atoms with E-state index in [4.69, 9.17) is 9.47 Å². The van der Waals surface area contributed by atoms with Crippen molar-refractivity contribution in [3.8, 4) is 11.5 Å². The van der Waals surface area contributed by atoms with Gasteiger partial charge in [-0.1, -0.05) is 20.3 Å². The first-order valence-corrected chi connectivity index (χ1v) is 8.70. The summed E-state index contributed by atoms with van der Waals surface area (Å²) in [4.78, 5) is 0. The highest BCUT2D eigenvalue weighted by molar-refractivity contribution is 9.10. The zero-order valence-electron chi connectivity index (χ0n) is 13.2. The van der Waals surface area contributed by atoms with Gasteiger partial charge in [-0.3, -0.25) is 0 Å². The van der Waals surface area contributed by atoms with Crippen molar-refractivity contribution in [3.05, 3.63) is 22.2 Å². The molecule has 1 aliphatic rings. The third kappa shape index (κ3) is 4.89. The molecule has 118 valence electrons. The molecule has 2 unspecified atom stereocenters. The standard InChI is InChI=1S/C17H26BrNO2/c1-4-12(2)8-13(3)19-11-14-9-15(18)17-16(10-14)20-6-5-7-21-17/h9-10,12-13,19H,4-8,11H2,1-3H3. The van der Waals surface area contributed by atoms with Crippen LogP contribution in [0.2, 0.25) is 0 Å². The fraction of sp³-hybridized carbons (Fsp3) is 0.647. The second-order valence-electron chi connectivity index (χ2n) is 5.99. The summed E-state index contributed by atoms with van der Waals surface area (Å²) in [6.07, 6.45) is 3.38. The largest absolute Gasteiger partial charge is 0.490 e. The Balaban J connectivity index is 1.98. The van der Waals surface area contributed by atoms with Crippen LogP contribution in [0.4, 0.5) is 0 Å². The molecule has 0 bridgehead atoms. The number of ether oxygens (including phenoxy) is 2. The molecule has 1 aromatic rings. The molecule has 3 nitrogen and oxygen atoms in total. The van der Waals surface area contributed by atoms with E-state index < -0.39 is 0 Å². The summed E-state index contributed by atoms with van der Waals surface area (Å²) in [7, 11) is 0. The average Bonchev–Trinajstić information content (AvgIpc) is 2.70. The molecule has 21 heavy (non-hydrogen) atoms. The molecule has 1 N–H and O–H groups in total. The van der Waals surface area contributed by atoms with Gasteiger partial charge in [-0.15, -0.1) is 0 Å². The second kappa shape index (κ2) is 8.04. The molecule has 0 aliphatic carbocycles. The Morgan fingerprint density at radius 2 is 2.00 bits per heavy atom. The van der Waals surface area contributed by atoms with Crippen LogP contribution in [0, 0.1) is 5.92 Å². The van der Waals surface area contributed by atoms with E-state index in [2.05, 4.69) is 54.2 Å². The van der Waals surface area contributed by atoms with Gasteiger partial charge in [0, 0.05) is 19.0 Å². The Kier molecular flexibility index (Phi) is 6.37. The highest BCUT2D eigenvalue weighted by Gasteiger charge is 2.15. The van der Waals surface area contributed by atoms with Crippen molar-refractivity contribution in [1.29, 1.82) is 0 Å². The van der Waals surface area contributed by atoms with Crippen molar-refractivity contribution in [2.45, 2.75) is 52.6 Å². The van der Waals surface area contributed by atoms with Crippen molar-refractivity contribution in [2.24, 2.45) is 5.92 Å². The molecule has 0 saturated carbocycles. The maximum absolute atomic E-state index is 5.78. The van der Waals surface area contributed by atoms with Gasteiger partial charge in [-0.2, -0.15) is 0 Å². The normalized spacial score (nSPS) is 17.1. The molecule has 0 amide bonds. The van der Waals surface area contributed by atoms with Gasteiger partial charge in [0.2, 0.25) is 0 Å². The third-order valence-electron chi connectivity index (χ3n) is 3.97. The summed E-state index contributed by atoms with van der Waals surface area (Å²) in [5.74, 6) is 2.46. The molecule has 0 radical (unpaired) electrons. The monoisotopic (exact) mass is 355 g/mol. The lowest BCUT2D eigenvalue weighted by Crippen LogP contribution is -2.27. The highest BCUT2D eigenvalue weighted by atomic mass is 79.9. The zero-order chi connectivity index (χ0) is 15.2. The number of hydrogen-bond acceptors (Lipinski definition) is 3. The Morgan fingerprint density at radius 3 is 2.76 bits per heavy atom. The van der Waals surface area contributed by atoms with Crippen LogP contribution in [0.1, 0.15) is 45.6 Å². The maximum Gasteiger partial charge on any atom is 0.175 e. The lowest BCUT2D eigenvalue weighted by molar-refractivity contribution is 0.296. The van der Waals surface area contributed by atoms with Crippen LogP contribution in [0.15, 0.2) is 16.6 Å². The van der Waals surface area contributed by atoms with Gasteiger partial charge < -0.3 is 14.8 Å². The Morgan fingerprint density at radius 1 is 1.24 bits per heavy atom. The van der Waals surface area contributed by atoms with Gasteiger partial charge in [0.25, 0.3) is 0 Å². The van der Waals surface area contributed by atoms with Crippen LogP contribution in [0.3, 0.4) is 0 Å². The van der Waals surface area contributed by atoms with E-state index in [0.29, 0.717) is 6.04 Å². The molecular weight excluding hydrogens is 330 g/mol. The minimum Gasteiger partial charge on any atom is -0.490 e. The van der Waals surface area contributed by atoms with Gasteiger partial charge >= 0.3 is 0 Å². The molecule has 1 heterocycles. The summed E-state index contributed by atoms with van der Waals surface area (Å²) in [6, 6.07) is 4.74. The SMILES string of the molecule is CCC(C)CC(C)NCc1cc(Br)c2c(c1)OCCCO2. The molecule has 0 saturated heterocycles. The first-order chi connectivity index (χ1) is 10.1. The summed E-state index contributed by atoms with van der Waals surface area (Å²) >= 11 is 3.59. The molecule has 4 heteroatoms. The summed E-state index contributed by atoms with van der Waals surface area (Å²) in [6.45, 7) is 9.10. The first kappa shape index (κ1) is 16.6. The lowest BCUT2D eigenvalue weighted by atomic mass is 10.0. The quantitative estimate of drug-likeness (QED) is 0.813. The van der Waals surface area contributed by atoms with Gasteiger partial charge in [-0.05, 0) is 52.9 Å². The van der Waals surface area contributed by atoms with Gasteiger partial charge in [0.1, 0.15) is 0 Å². The molecule has 2 atom stereocenters. The summed E-state index contributed by atoms with van der Waals surface area (Å²) in [5.41, 5.74) is 1.22. The van der Waals surface area contributed by atoms with Crippen molar-refractivity contribution >= 4 is 15.9 Å². The number of hydrogen-bond donors (Lipinski definition) is 1. The number of rotatable bonds is 6. The number of benzene rings is 1. The van der Waals surface area contributed by atoms with Crippen LogP contribution in [-0.4, -0.2) is 19.3 Å². The van der Waals surface area contributed by atoms with Crippen molar-refractivity contribution in [3.63, 3.8) is 0 Å². The lowest BCUT2D eigenvalue weighted by Gasteiger charge is -2.18. The van der Waals surface area contributed by atoms with Crippen LogP contribution >= 0.6 is 15.9 Å². The van der Waals surface area contributed by atoms with Gasteiger partial charge in [0.15, 0.2) is 11.5 Å². The van der Waals surface area contributed by atoms with E-state index >= 15 is 0 Å². The Hall–Kier alpha value is -0.740. The smallest absolute Gasteiger partial charge is 0.175 e.